The molecule has 2 N–H and O–H groups in total. The van der Waals surface area contributed by atoms with Crippen LogP contribution in [-0.2, 0) is 12.8 Å². The van der Waals surface area contributed by atoms with Gasteiger partial charge < -0.3 is 10.4 Å². The molecule has 0 spiro atoms. The molecule has 5 heteroatoms. The lowest BCUT2D eigenvalue weighted by atomic mass is 9.93. The highest BCUT2D eigenvalue weighted by atomic mass is 32.1. The van der Waals surface area contributed by atoms with Gasteiger partial charge in [-0.3, -0.25) is 0 Å². The molecule has 1 saturated carbocycles. The Morgan fingerprint density at radius 3 is 3.05 bits per heavy atom. The summed E-state index contributed by atoms with van der Waals surface area (Å²) in [4.78, 5) is 11.5. The second-order valence-corrected chi connectivity index (χ2v) is 7.01. The predicted octanol–water partition coefficient (Wildman–Crippen LogP) is 2.90. The lowest BCUT2D eigenvalue weighted by Crippen LogP contribution is -2.30. The first kappa shape index (κ1) is 12.5. The second-order valence-electron chi connectivity index (χ2n) is 5.92. The fourth-order valence-electron chi connectivity index (χ4n) is 3.53. The predicted molar refractivity (Wildman–Crippen MR) is 81.3 cm³/mol. The molecule has 4 nitrogen and oxygen atoms in total. The number of nitrogens with one attached hydrogen (secondary N) is 1. The van der Waals surface area contributed by atoms with Crippen molar-refractivity contribution in [2.75, 3.05) is 5.32 Å². The SMILES string of the molecule is OC1CCCC(Nc2ncnc3sc4c(c23)CCC4)C1. The van der Waals surface area contributed by atoms with Crippen molar-refractivity contribution in [1.29, 1.82) is 0 Å². The number of hydrogen-bond acceptors (Lipinski definition) is 5. The van der Waals surface area contributed by atoms with E-state index >= 15 is 0 Å². The van der Waals surface area contributed by atoms with Gasteiger partial charge in [0.05, 0.1) is 11.5 Å². The Morgan fingerprint density at radius 2 is 2.15 bits per heavy atom. The monoisotopic (exact) mass is 289 g/mol. The Balaban J connectivity index is 1.69. The molecule has 2 aromatic heterocycles. The summed E-state index contributed by atoms with van der Waals surface area (Å²) in [6.07, 6.45) is 9.09. The van der Waals surface area contributed by atoms with Crippen molar-refractivity contribution < 1.29 is 5.11 Å². The molecule has 0 bridgehead atoms. The van der Waals surface area contributed by atoms with E-state index in [0.29, 0.717) is 6.04 Å². The zero-order valence-electron chi connectivity index (χ0n) is 11.4. The number of nitrogens with zero attached hydrogens (tertiary/aromatic N) is 2. The van der Waals surface area contributed by atoms with Crippen molar-refractivity contribution in [2.24, 2.45) is 0 Å². The number of fused-ring (bicyclic) bond motifs is 3. The third-order valence-corrected chi connectivity index (χ3v) is 5.69. The first-order valence-electron chi connectivity index (χ1n) is 7.51. The molecule has 2 aliphatic carbocycles. The molecule has 2 atom stereocenters. The lowest BCUT2D eigenvalue weighted by molar-refractivity contribution is 0.124. The number of aryl methyl sites for hydroxylation is 2. The van der Waals surface area contributed by atoms with E-state index in [2.05, 4.69) is 15.3 Å². The van der Waals surface area contributed by atoms with E-state index in [1.807, 2.05) is 11.3 Å². The largest absolute Gasteiger partial charge is 0.393 e. The van der Waals surface area contributed by atoms with Gasteiger partial charge in [-0.25, -0.2) is 9.97 Å². The van der Waals surface area contributed by atoms with Gasteiger partial charge in [0.25, 0.3) is 0 Å². The molecule has 106 valence electrons. The fourth-order valence-corrected chi connectivity index (χ4v) is 4.76. The van der Waals surface area contributed by atoms with Crippen LogP contribution in [-0.4, -0.2) is 27.2 Å². The molecule has 20 heavy (non-hydrogen) atoms. The summed E-state index contributed by atoms with van der Waals surface area (Å²) in [7, 11) is 0. The van der Waals surface area contributed by atoms with Crippen LogP contribution in [0.25, 0.3) is 10.2 Å². The van der Waals surface area contributed by atoms with Crippen LogP contribution >= 0.6 is 11.3 Å². The summed E-state index contributed by atoms with van der Waals surface area (Å²) in [5.41, 5.74) is 1.46. The lowest BCUT2D eigenvalue weighted by Gasteiger charge is -2.27. The quantitative estimate of drug-likeness (QED) is 0.892. The highest BCUT2D eigenvalue weighted by molar-refractivity contribution is 7.19. The summed E-state index contributed by atoms with van der Waals surface area (Å²) >= 11 is 1.82. The first-order valence-corrected chi connectivity index (χ1v) is 8.33. The van der Waals surface area contributed by atoms with Crippen LogP contribution in [0.15, 0.2) is 6.33 Å². The Labute approximate surface area is 122 Å². The Kier molecular flexibility index (Phi) is 3.11. The number of anilines is 1. The van der Waals surface area contributed by atoms with Crippen molar-refractivity contribution in [3.8, 4) is 0 Å². The fraction of sp³-hybridized carbons (Fsp3) is 0.600. The first-order chi connectivity index (χ1) is 9.81. The summed E-state index contributed by atoms with van der Waals surface area (Å²) < 4.78 is 0. The molecular weight excluding hydrogens is 270 g/mol. The number of aromatic nitrogens is 2. The summed E-state index contributed by atoms with van der Waals surface area (Å²) in [6, 6.07) is 0.341. The molecule has 1 fully saturated rings. The summed E-state index contributed by atoms with van der Waals surface area (Å²) in [5.74, 6) is 0.980. The topological polar surface area (TPSA) is 58.0 Å². The number of hydrogen-bond donors (Lipinski definition) is 2. The molecular formula is C15H19N3OS. The third kappa shape index (κ3) is 2.09. The van der Waals surface area contributed by atoms with Gasteiger partial charge in [-0.15, -0.1) is 11.3 Å². The van der Waals surface area contributed by atoms with Crippen molar-refractivity contribution in [3.63, 3.8) is 0 Å². The molecule has 2 aliphatic rings. The van der Waals surface area contributed by atoms with E-state index in [-0.39, 0.29) is 6.10 Å². The van der Waals surface area contributed by atoms with Crippen LogP contribution in [0.3, 0.4) is 0 Å². The smallest absolute Gasteiger partial charge is 0.138 e. The number of aliphatic hydroxyl groups is 1. The van der Waals surface area contributed by atoms with E-state index in [9.17, 15) is 5.11 Å². The minimum absolute atomic E-state index is 0.160. The van der Waals surface area contributed by atoms with E-state index in [1.54, 1.807) is 6.33 Å². The minimum atomic E-state index is -0.160. The Hall–Kier alpha value is -1.20. The van der Waals surface area contributed by atoms with Gasteiger partial charge in [0, 0.05) is 10.9 Å². The van der Waals surface area contributed by atoms with Crippen LogP contribution < -0.4 is 5.32 Å². The molecule has 2 heterocycles. The highest BCUT2D eigenvalue weighted by Crippen LogP contribution is 2.39. The average Bonchev–Trinajstić information content (AvgIpc) is 2.99. The number of aliphatic hydroxyl groups excluding tert-OH is 1. The Bertz CT molecular complexity index is 639. The van der Waals surface area contributed by atoms with Crippen LogP contribution in [0.1, 0.15) is 42.5 Å². The van der Waals surface area contributed by atoms with Crippen molar-refractivity contribution in [1.82, 2.24) is 9.97 Å². The average molecular weight is 289 g/mol. The number of thiophene rings is 1. The molecule has 0 radical (unpaired) electrons. The maximum absolute atomic E-state index is 9.82. The zero-order valence-corrected chi connectivity index (χ0v) is 12.2. The molecule has 0 amide bonds. The second kappa shape index (κ2) is 4.97. The van der Waals surface area contributed by atoms with Gasteiger partial charge in [-0.1, -0.05) is 0 Å². The summed E-state index contributed by atoms with van der Waals surface area (Å²) in [5, 5.41) is 14.6. The van der Waals surface area contributed by atoms with E-state index in [0.717, 1.165) is 42.8 Å². The van der Waals surface area contributed by atoms with Crippen molar-refractivity contribution in [2.45, 2.75) is 57.1 Å². The maximum atomic E-state index is 9.82. The molecule has 2 aromatic rings. The van der Waals surface area contributed by atoms with Gasteiger partial charge in [0.2, 0.25) is 0 Å². The molecule has 0 saturated heterocycles. The number of rotatable bonds is 2. The maximum Gasteiger partial charge on any atom is 0.138 e. The van der Waals surface area contributed by atoms with Gasteiger partial charge in [-0.2, -0.15) is 0 Å². The van der Waals surface area contributed by atoms with E-state index in [1.165, 1.54) is 28.7 Å². The van der Waals surface area contributed by atoms with Crippen LogP contribution in [0, 0.1) is 0 Å². The van der Waals surface area contributed by atoms with E-state index < -0.39 is 0 Å². The van der Waals surface area contributed by atoms with Gasteiger partial charge in [-0.05, 0) is 50.5 Å². The van der Waals surface area contributed by atoms with Crippen LogP contribution in [0.5, 0.6) is 0 Å². The molecule has 0 aromatic carbocycles. The van der Waals surface area contributed by atoms with Gasteiger partial charge in [0.1, 0.15) is 17.0 Å². The van der Waals surface area contributed by atoms with Gasteiger partial charge in [0.15, 0.2) is 0 Å². The van der Waals surface area contributed by atoms with Crippen molar-refractivity contribution >= 4 is 27.4 Å². The van der Waals surface area contributed by atoms with Gasteiger partial charge >= 0.3 is 0 Å². The summed E-state index contributed by atoms with van der Waals surface area (Å²) in [6.45, 7) is 0. The van der Waals surface area contributed by atoms with Crippen molar-refractivity contribution in [3.05, 3.63) is 16.8 Å². The molecule has 0 aliphatic heterocycles. The molecule has 4 rings (SSSR count). The Morgan fingerprint density at radius 1 is 1.20 bits per heavy atom. The van der Waals surface area contributed by atoms with Crippen LogP contribution in [0.2, 0.25) is 0 Å². The zero-order chi connectivity index (χ0) is 13.5. The normalized spacial score (nSPS) is 25.9. The van der Waals surface area contributed by atoms with E-state index in [4.69, 9.17) is 0 Å². The molecule has 2 unspecified atom stereocenters. The standard InChI is InChI=1S/C15H19N3OS/c19-10-4-1-3-9(7-10)18-14-13-11-5-2-6-12(11)20-15(13)17-8-16-14/h8-10,19H,1-7H2,(H,16,17,18). The highest BCUT2D eigenvalue weighted by Gasteiger charge is 2.24. The minimum Gasteiger partial charge on any atom is -0.393 e. The third-order valence-electron chi connectivity index (χ3n) is 4.49. The van der Waals surface area contributed by atoms with Crippen LogP contribution in [0.4, 0.5) is 5.82 Å².